The number of hydrogen-bond donors (Lipinski definition) is 0. The Bertz CT molecular complexity index is 538. The van der Waals surface area contributed by atoms with Crippen LogP contribution < -0.4 is 4.74 Å². The van der Waals surface area contributed by atoms with Gasteiger partial charge in [-0.2, -0.15) is 0 Å². The summed E-state index contributed by atoms with van der Waals surface area (Å²) in [6.45, 7) is 6.98. The molecule has 0 saturated heterocycles. The molecule has 2 aromatic carbocycles. The van der Waals surface area contributed by atoms with E-state index in [1.165, 1.54) is 5.56 Å². The van der Waals surface area contributed by atoms with Gasteiger partial charge < -0.3 is 4.74 Å². The highest BCUT2D eigenvalue weighted by molar-refractivity contribution is 5.47. The van der Waals surface area contributed by atoms with Gasteiger partial charge in [0, 0.05) is 0 Å². The molecular formula is C15H13NO. The zero-order valence-electron chi connectivity index (χ0n) is 9.68. The SMILES string of the molecule is [C-]#[N+]c1cccc(Cc2ccc(OC)cc2)c1. The molecule has 0 fully saturated rings. The Hall–Kier alpha value is -2.27. The van der Waals surface area contributed by atoms with Crippen molar-refractivity contribution >= 4 is 5.69 Å². The minimum atomic E-state index is 0.691. The van der Waals surface area contributed by atoms with Crippen LogP contribution in [0.4, 0.5) is 5.69 Å². The molecule has 2 rings (SSSR count). The second kappa shape index (κ2) is 5.18. The molecule has 0 spiro atoms. The monoisotopic (exact) mass is 223 g/mol. The van der Waals surface area contributed by atoms with E-state index in [2.05, 4.69) is 4.85 Å². The fourth-order valence-corrected chi connectivity index (χ4v) is 1.72. The van der Waals surface area contributed by atoms with Crippen LogP contribution in [0.15, 0.2) is 48.5 Å². The van der Waals surface area contributed by atoms with Crippen LogP contribution in [0.1, 0.15) is 11.1 Å². The average Bonchev–Trinajstić information content (AvgIpc) is 2.40. The average molecular weight is 223 g/mol. The molecule has 0 radical (unpaired) electrons. The molecule has 0 heterocycles. The van der Waals surface area contributed by atoms with E-state index in [9.17, 15) is 0 Å². The third-order valence-corrected chi connectivity index (χ3v) is 2.61. The fraction of sp³-hybridized carbons (Fsp3) is 0.133. The first kappa shape index (κ1) is 11.2. The molecule has 0 bridgehead atoms. The Morgan fingerprint density at radius 2 is 1.82 bits per heavy atom. The highest BCUT2D eigenvalue weighted by atomic mass is 16.5. The molecule has 84 valence electrons. The Morgan fingerprint density at radius 1 is 1.06 bits per heavy atom. The third kappa shape index (κ3) is 2.85. The molecule has 17 heavy (non-hydrogen) atoms. The Morgan fingerprint density at radius 3 is 2.47 bits per heavy atom. The third-order valence-electron chi connectivity index (χ3n) is 2.61. The molecule has 0 amide bonds. The molecule has 0 aliphatic carbocycles. The number of hydrogen-bond acceptors (Lipinski definition) is 1. The summed E-state index contributed by atoms with van der Waals surface area (Å²) in [5.74, 6) is 0.864. The summed E-state index contributed by atoms with van der Waals surface area (Å²) in [4.78, 5) is 3.43. The molecule has 0 aromatic heterocycles. The van der Waals surface area contributed by atoms with Crippen LogP contribution in [-0.4, -0.2) is 7.11 Å². The number of benzene rings is 2. The van der Waals surface area contributed by atoms with Crippen molar-refractivity contribution in [3.63, 3.8) is 0 Å². The van der Waals surface area contributed by atoms with Crippen molar-refractivity contribution in [3.8, 4) is 5.75 Å². The van der Waals surface area contributed by atoms with Crippen molar-refractivity contribution in [1.82, 2.24) is 0 Å². The van der Waals surface area contributed by atoms with E-state index in [1.807, 2.05) is 48.5 Å². The number of rotatable bonds is 3. The van der Waals surface area contributed by atoms with Crippen LogP contribution in [-0.2, 0) is 6.42 Å². The van der Waals surface area contributed by atoms with Gasteiger partial charge in [0.05, 0.1) is 13.7 Å². The molecule has 2 nitrogen and oxygen atoms in total. The van der Waals surface area contributed by atoms with Gasteiger partial charge in [0.1, 0.15) is 5.75 Å². The predicted molar refractivity (Wildman–Crippen MR) is 68.5 cm³/mol. The van der Waals surface area contributed by atoms with Crippen LogP contribution in [0.3, 0.4) is 0 Å². The van der Waals surface area contributed by atoms with E-state index < -0.39 is 0 Å². The lowest BCUT2D eigenvalue weighted by Gasteiger charge is -2.04. The Balaban J connectivity index is 2.16. The maximum atomic E-state index is 6.98. The molecule has 0 aliphatic rings. The summed E-state index contributed by atoms with van der Waals surface area (Å²) in [7, 11) is 1.66. The normalized spacial score (nSPS) is 9.65. The Kier molecular flexibility index (Phi) is 3.42. The van der Waals surface area contributed by atoms with E-state index in [-0.39, 0.29) is 0 Å². The number of nitrogens with zero attached hydrogens (tertiary/aromatic N) is 1. The summed E-state index contributed by atoms with van der Waals surface area (Å²) in [6.07, 6.45) is 0.841. The van der Waals surface area contributed by atoms with E-state index in [4.69, 9.17) is 11.3 Å². The van der Waals surface area contributed by atoms with Gasteiger partial charge in [0.15, 0.2) is 5.69 Å². The van der Waals surface area contributed by atoms with E-state index in [0.717, 1.165) is 17.7 Å². The van der Waals surface area contributed by atoms with Crippen molar-refractivity contribution in [1.29, 1.82) is 0 Å². The largest absolute Gasteiger partial charge is 0.497 e. The summed E-state index contributed by atoms with van der Waals surface area (Å²) in [5.41, 5.74) is 3.06. The summed E-state index contributed by atoms with van der Waals surface area (Å²) < 4.78 is 5.12. The van der Waals surface area contributed by atoms with Crippen molar-refractivity contribution < 1.29 is 4.74 Å². The Labute approximate surface area is 101 Å². The minimum Gasteiger partial charge on any atom is -0.497 e. The van der Waals surface area contributed by atoms with Gasteiger partial charge >= 0.3 is 0 Å². The van der Waals surface area contributed by atoms with Crippen molar-refractivity contribution in [3.05, 3.63) is 71.1 Å². The zero-order valence-corrected chi connectivity index (χ0v) is 9.68. The fourth-order valence-electron chi connectivity index (χ4n) is 1.72. The van der Waals surface area contributed by atoms with Crippen LogP contribution >= 0.6 is 0 Å². The van der Waals surface area contributed by atoms with Gasteiger partial charge in [0.25, 0.3) is 0 Å². The first-order valence-corrected chi connectivity index (χ1v) is 5.41. The highest BCUT2D eigenvalue weighted by Crippen LogP contribution is 2.18. The van der Waals surface area contributed by atoms with Crippen LogP contribution in [0.25, 0.3) is 4.85 Å². The molecule has 0 saturated carbocycles. The molecule has 0 aliphatic heterocycles. The van der Waals surface area contributed by atoms with Gasteiger partial charge in [-0.15, -0.1) is 0 Å². The topological polar surface area (TPSA) is 13.6 Å². The number of methoxy groups -OCH3 is 1. The molecule has 0 atom stereocenters. The van der Waals surface area contributed by atoms with E-state index >= 15 is 0 Å². The van der Waals surface area contributed by atoms with E-state index in [1.54, 1.807) is 7.11 Å². The van der Waals surface area contributed by atoms with Gasteiger partial charge in [-0.25, -0.2) is 4.85 Å². The lowest BCUT2D eigenvalue weighted by atomic mass is 10.0. The maximum Gasteiger partial charge on any atom is 0.187 e. The predicted octanol–water partition coefficient (Wildman–Crippen LogP) is 3.84. The summed E-state index contributed by atoms with van der Waals surface area (Å²) >= 11 is 0. The lowest BCUT2D eigenvalue weighted by Crippen LogP contribution is -1.88. The van der Waals surface area contributed by atoms with Gasteiger partial charge in [-0.1, -0.05) is 42.0 Å². The molecule has 2 heteroatoms. The minimum absolute atomic E-state index is 0.691. The quantitative estimate of drug-likeness (QED) is 0.721. The summed E-state index contributed by atoms with van der Waals surface area (Å²) in [5, 5.41) is 0. The second-order valence-corrected chi connectivity index (χ2v) is 3.81. The second-order valence-electron chi connectivity index (χ2n) is 3.81. The molecular weight excluding hydrogens is 210 g/mol. The molecule has 0 unspecified atom stereocenters. The van der Waals surface area contributed by atoms with Crippen LogP contribution in [0, 0.1) is 6.57 Å². The van der Waals surface area contributed by atoms with E-state index in [0.29, 0.717) is 5.69 Å². The van der Waals surface area contributed by atoms with Crippen LogP contribution in [0.5, 0.6) is 5.75 Å². The standard InChI is InChI=1S/C15H13NO/c1-16-14-5-3-4-13(11-14)10-12-6-8-15(17-2)9-7-12/h3-9,11H,10H2,2H3. The van der Waals surface area contributed by atoms with Crippen molar-refractivity contribution in [2.75, 3.05) is 7.11 Å². The van der Waals surface area contributed by atoms with Crippen molar-refractivity contribution in [2.24, 2.45) is 0 Å². The first-order valence-electron chi connectivity index (χ1n) is 5.41. The summed E-state index contributed by atoms with van der Waals surface area (Å²) in [6, 6.07) is 15.7. The number of ether oxygens (including phenoxy) is 1. The molecule has 0 N–H and O–H groups in total. The van der Waals surface area contributed by atoms with Gasteiger partial charge in [-0.3, -0.25) is 0 Å². The van der Waals surface area contributed by atoms with Crippen LogP contribution in [0.2, 0.25) is 0 Å². The first-order chi connectivity index (χ1) is 8.31. The van der Waals surface area contributed by atoms with Crippen molar-refractivity contribution in [2.45, 2.75) is 6.42 Å². The smallest absolute Gasteiger partial charge is 0.187 e. The highest BCUT2D eigenvalue weighted by Gasteiger charge is 1.98. The lowest BCUT2D eigenvalue weighted by molar-refractivity contribution is 0.414. The van der Waals surface area contributed by atoms with Gasteiger partial charge in [0.2, 0.25) is 0 Å². The molecule has 2 aromatic rings. The maximum absolute atomic E-state index is 6.98. The van der Waals surface area contributed by atoms with Gasteiger partial charge in [-0.05, 0) is 24.1 Å². The zero-order chi connectivity index (χ0) is 12.1.